The van der Waals surface area contributed by atoms with Crippen molar-refractivity contribution in [3.63, 3.8) is 0 Å². The predicted molar refractivity (Wildman–Crippen MR) is 77.2 cm³/mol. The summed E-state index contributed by atoms with van der Waals surface area (Å²) in [6.45, 7) is 2.95. The Morgan fingerprint density at radius 1 is 1.26 bits per heavy atom. The Hall–Kier alpha value is -1.62. The molecular formula is C14H14BrFN2O. The molecule has 0 aliphatic rings. The number of nitrogens with one attached hydrogen (secondary N) is 1. The quantitative estimate of drug-likeness (QED) is 0.872. The molecule has 1 aromatic carbocycles. The monoisotopic (exact) mass is 324 g/mol. The molecular weight excluding hydrogens is 311 g/mol. The highest BCUT2D eigenvalue weighted by molar-refractivity contribution is 9.10. The van der Waals surface area contributed by atoms with Gasteiger partial charge in [-0.1, -0.05) is 6.92 Å². The minimum atomic E-state index is -0.313. The molecule has 0 radical (unpaired) electrons. The SMILES string of the molecule is CCCNc1cc(Oc2ccc(F)c(Br)c2)ccn1. The van der Waals surface area contributed by atoms with Crippen molar-refractivity contribution in [2.45, 2.75) is 13.3 Å². The third kappa shape index (κ3) is 3.92. The van der Waals surface area contributed by atoms with Crippen molar-refractivity contribution < 1.29 is 9.13 Å². The van der Waals surface area contributed by atoms with Crippen LogP contribution in [0.2, 0.25) is 0 Å². The molecule has 0 saturated carbocycles. The number of benzene rings is 1. The van der Waals surface area contributed by atoms with Crippen LogP contribution in [0, 0.1) is 5.82 Å². The Morgan fingerprint density at radius 2 is 2.05 bits per heavy atom. The van der Waals surface area contributed by atoms with E-state index < -0.39 is 0 Å². The van der Waals surface area contributed by atoms with E-state index in [2.05, 4.69) is 33.2 Å². The summed E-state index contributed by atoms with van der Waals surface area (Å²) in [5.74, 6) is 1.68. The first-order valence-electron chi connectivity index (χ1n) is 6.02. The summed E-state index contributed by atoms with van der Waals surface area (Å²) < 4.78 is 19.2. The topological polar surface area (TPSA) is 34.1 Å². The summed E-state index contributed by atoms with van der Waals surface area (Å²) in [7, 11) is 0. The third-order valence-corrected chi connectivity index (χ3v) is 3.02. The zero-order valence-corrected chi connectivity index (χ0v) is 12.1. The van der Waals surface area contributed by atoms with E-state index >= 15 is 0 Å². The van der Waals surface area contributed by atoms with E-state index in [9.17, 15) is 4.39 Å². The van der Waals surface area contributed by atoms with Crippen molar-refractivity contribution >= 4 is 21.7 Å². The van der Waals surface area contributed by atoms with Gasteiger partial charge in [-0.15, -0.1) is 0 Å². The zero-order chi connectivity index (χ0) is 13.7. The molecule has 0 aliphatic carbocycles. The van der Waals surface area contributed by atoms with E-state index in [1.54, 1.807) is 24.4 Å². The van der Waals surface area contributed by atoms with E-state index in [0.29, 0.717) is 16.0 Å². The van der Waals surface area contributed by atoms with Gasteiger partial charge in [-0.2, -0.15) is 0 Å². The second-order valence-corrected chi connectivity index (χ2v) is 4.84. The number of rotatable bonds is 5. The average molecular weight is 325 g/mol. The molecule has 1 aromatic heterocycles. The summed E-state index contributed by atoms with van der Waals surface area (Å²) >= 11 is 3.13. The van der Waals surface area contributed by atoms with Crippen LogP contribution in [-0.2, 0) is 0 Å². The number of aromatic nitrogens is 1. The molecule has 0 amide bonds. The van der Waals surface area contributed by atoms with Crippen LogP contribution in [0.3, 0.4) is 0 Å². The van der Waals surface area contributed by atoms with Crippen LogP contribution in [0.25, 0.3) is 0 Å². The predicted octanol–water partition coefficient (Wildman–Crippen LogP) is 4.60. The molecule has 1 heterocycles. The molecule has 100 valence electrons. The third-order valence-electron chi connectivity index (χ3n) is 2.41. The Labute approximate surface area is 119 Å². The van der Waals surface area contributed by atoms with Crippen LogP contribution in [0.4, 0.5) is 10.2 Å². The zero-order valence-electron chi connectivity index (χ0n) is 10.5. The van der Waals surface area contributed by atoms with Gasteiger partial charge in [0.25, 0.3) is 0 Å². The molecule has 0 saturated heterocycles. The molecule has 19 heavy (non-hydrogen) atoms. The van der Waals surface area contributed by atoms with Crippen molar-refractivity contribution in [1.29, 1.82) is 0 Å². The van der Waals surface area contributed by atoms with Gasteiger partial charge in [0.2, 0.25) is 0 Å². The van der Waals surface area contributed by atoms with E-state index in [1.807, 2.05) is 6.07 Å². The molecule has 0 atom stereocenters. The Kier molecular flexibility index (Phi) is 4.74. The van der Waals surface area contributed by atoms with E-state index in [-0.39, 0.29) is 5.82 Å². The van der Waals surface area contributed by atoms with E-state index in [4.69, 9.17) is 4.74 Å². The molecule has 2 rings (SSSR count). The van der Waals surface area contributed by atoms with Gasteiger partial charge >= 0.3 is 0 Å². The fourth-order valence-corrected chi connectivity index (χ4v) is 1.86. The van der Waals surface area contributed by atoms with Crippen LogP contribution in [0.1, 0.15) is 13.3 Å². The first kappa shape index (κ1) is 13.8. The van der Waals surface area contributed by atoms with Crippen molar-refractivity contribution in [3.05, 3.63) is 46.8 Å². The Balaban J connectivity index is 2.11. The van der Waals surface area contributed by atoms with Crippen molar-refractivity contribution in [1.82, 2.24) is 4.98 Å². The smallest absolute Gasteiger partial charge is 0.137 e. The number of nitrogens with zero attached hydrogens (tertiary/aromatic N) is 1. The van der Waals surface area contributed by atoms with Crippen molar-refractivity contribution in [2.24, 2.45) is 0 Å². The standard InChI is InChI=1S/C14H14BrFN2O/c1-2-6-17-14-9-11(5-7-18-14)19-10-3-4-13(16)12(15)8-10/h3-5,7-9H,2,6H2,1H3,(H,17,18). The average Bonchev–Trinajstić information content (AvgIpc) is 2.41. The minimum Gasteiger partial charge on any atom is -0.457 e. The lowest BCUT2D eigenvalue weighted by atomic mass is 10.3. The van der Waals surface area contributed by atoms with Gasteiger partial charge in [-0.25, -0.2) is 9.37 Å². The van der Waals surface area contributed by atoms with Crippen molar-refractivity contribution in [3.8, 4) is 11.5 Å². The maximum Gasteiger partial charge on any atom is 0.137 e. The molecule has 5 heteroatoms. The highest BCUT2D eigenvalue weighted by Gasteiger charge is 2.03. The number of anilines is 1. The molecule has 0 aliphatic heterocycles. The Bertz CT molecular complexity index is 563. The second-order valence-electron chi connectivity index (χ2n) is 3.98. The van der Waals surface area contributed by atoms with Gasteiger partial charge in [0, 0.05) is 18.8 Å². The van der Waals surface area contributed by atoms with Crippen LogP contribution < -0.4 is 10.1 Å². The molecule has 0 unspecified atom stereocenters. The van der Waals surface area contributed by atoms with Crippen LogP contribution in [0.15, 0.2) is 41.0 Å². The first-order valence-corrected chi connectivity index (χ1v) is 6.81. The van der Waals surface area contributed by atoms with Gasteiger partial charge in [-0.3, -0.25) is 0 Å². The van der Waals surface area contributed by atoms with Gasteiger partial charge < -0.3 is 10.1 Å². The fraction of sp³-hybridized carbons (Fsp3) is 0.214. The van der Waals surface area contributed by atoms with Crippen LogP contribution >= 0.6 is 15.9 Å². The second kappa shape index (κ2) is 6.52. The van der Waals surface area contributed by atoms with E-state index in [0.717, 1.165) is 18.8 Å². The summed E-state index contributed by atoms with van der Waals surface area (Å²) in [6, 6.07) is 8.10. The Morgan fingerprint density at radius 3 is 2.79 bits per heavy atom. The largest absolute Gasteiger partial charge is 0.457 e. The lowest BCUT2D eigenvalue weighted by Crippen LogP contribution is -2.01. The van der Waals surface area contributed by atoms with Crippen LogP contribution in [-0.4, -0.2) is 11.5 Å². The lowest BCUT2D eigenvalue weighted by Gasteiger charge is -2.08. The van der Waals surface area contributed by atoms with Gasteiger partial charge in [0.15, 0.2) is 0 Å². The molecule has 0 bridgehead atoms. The number of hydrogen-bond donors (Lipinski definition) is 1. The summed E-state index contributed by atoms with van der Waals surface area (Å²) in [5, 5.41) is 3.18. The summed E-state index contributed by atoms with van der Waals surface area (Å²) in [6.07, 6.45) is 2.70. The molecule has 3 nitrogen and oxygen atoms in total. The van der Waals surface area contributed by atoms with Gasteiger partial charge in [0.1, 0.15) is 23.1 Å². The lowest BCUT2D eigenvalue weighted by molar-refractivity contribution is 0.479. The number of ether oxygens (including phenoxy) is 1. The minimum absolute atomic E-state index is 0.313. The maximum absolute atomic E-state index is 13.1. The number of halogens is 2. The highest BCUT2D eigenvalue weighted by atomic mass is 79.9. The number of hydrogen-bond acceptors (Lipinski definition) is 3. The van der Waals surface area contributed by atoms with Crippen molar-refractivity contribution in [2.75, 3.05) is 11.9 Å². The highest BCUT2D eigenvalue weighted by Crippen LogP contribution is 2.27. The van der Waals surface area contributed by atoms with Crippen LogP contribution in [0.5, 0.6) is 11.5 Å². The van der Waals surface area contributed by atoms with E-state index in [1.165, 1.54) is 6.07 Å². The molecule has 0 spiro atoms. The normalized spacial score (nSPS) is 10.3. The molecule has 0 fully saturated rings. The fourth-order valence-electron chi connectivity index (χ4n) is 1.50. The summed E-state index contributed by atoms with van der Waals surface area (Å²) in [5.41, 5.74) is 0. The maximum atomic E-state index is 13.1. The summed E-state index contributed by atoms with van der Waals surface area (Å²) in [4.78, 5) is 4.19. The molecule has 1 N–H and O–H groups in total. The molecule has 2 aromatic rings. The first-order chi connectivity index (χ1) is 9.19. The van der Waals surface area contributed by atoms with Gasteiger partial charge in [0.05, 0.1) is 4.47 Å². The van der Waals surface area contributed by atoms with Gasteiger partial charge in [-0.05, 0) is 46.6 Å². The number of pyridine rings is 1.